The number of H-pyrrole nitrogens is 1. The normalized spacial score (nSPS) is 10.7. The smallest absolute Gasteiger partial charge is 0.330 e. The number of nitrogens with one attached hydrogen (secondary N) is 1. The van der Waals surface area contributed by atoms with Crippen LogP contribution >= 0.6 is 0 Å². The highest BCUT2D eigenvalue weighted by Gasteiger charge is 2.24. The molecule has 0 aliphatic rings. The highest BCUT2D eigenvalue weighted by atomic mass is 16.5. The lowest BCUT2D eigenvalue weighted by Crippen LogP contribution is -2.42. The fraction of sp³-hybridized carbons (Fsp3) is 0.450. The van der Waals surface area contributed by atoms with E-state index in [9.17, 15) is 14.4 Å². The Labute approximate surface area is 163 Å². The molecule has 8 heteroatoms. The molecule has 28 heavy (non-hydrogen) atoms. The van der Waals surface area contributed by atoms with Gasteiger partial charge in [-0.05, 0) is 18.9 Å². The first kappa shape index (κ1) is 21.3. The summed E-state index contributed by atoms with van der Waals surface area (Å²) in [6, 6.07) is 7.23. The van der Waals surface area contributed by atoms with Crippen molar-refractivity contribution in [2.24, 2.45) is 0 Å². The van der Waals surface area contributed by atoms with Crippen LogP contribution in [-0.2, 0) is 17.8 Å². The summed E-state index contributed by atoms with van der Waals surface area (Å²) < 4.78 is 6.62. The molecule has 0 radical (unpaired) electrons. The molecule has 0 fully saturated rings. The number of benzene rings is 1. The number of hydrogen-bond acceptors (Lipinski definition) is 5. The summed E-state index contributed by atoms with van der Waals surface area (Å²) in [7, 11) is 1.54. The number of anilines is 2. The van der Waals surface area contributed by atoms with Crippen molar-refractivity contribution >= 4 is 17.4 Å². The van der Waals surface area contributed by atoms with Gasteiger partial charge in [-0.25, -0.2) is 4.79 Å². The maximum Gasteiger partial charge on any atom is 0.330 e. The third-order valence-corrected chi connectivity index (χ3v) is 4.50. The van der Waals surface area contributed by atoms with E-state index in [-0.39, 0.29) is 23.8 Å². The highest BCUT2D eigenvalue weighted by molar-refractivity contribution is 5.97. The predicted octanol–water partition coefficient (Wildman–Crippen LogP) is 1.91. The van der Waals surface area contributed by atoms with Gasteiger partial charge in [0.2, 0.25) is 5.91 Å². The number of carbonyl (C=O) groups is 1. The Balaban J connectivity index is 2.49. The van der Waals surface area contributed by atoms with Gasteiger partial charge in [0.1, 0.15) is 11.6 Å². The van der Waals surface area contributed by atoms with Crippen molar-refractivity contribution in [1.29, 1.82) is 0 Å². The first-order chi connectivity index (χ1) is 13.4. The lowest BCUT2D eigenvalue weighted by Gasteiger charge is -2.24. The van der Waals surface area contributed by atoms with Gasteiger partial charge < -0.3 is 15.4 Å². The third-order valence-electron chi connectivity index (χ3n) is 4.50. The Bertz CT molecular complexity index is 933. The molecule has 0 saturated carbocycles. The number of nitrogens with two attached hydrogens (primary N) is 1. The predicted molar refractivity (Wildman–Crippen MR) is 110 cm³/mol. The summed E-state index contributed by atoms with van der Waals surface area (Å²) in [4.78, 5) is 41.4. The van der Waals surface area contributed by atoms with Crippen LogP contribution in [0.4, 0.5) is 11.5 Å². The molecule has 0 bridgehead atoms. The third kappa shape index (κ3) is 4.62. The second-order valence-electron chi connectivity index (χ2n) is 6.53. The van der Waals surface area contributed by atoms with E-state index in [1.54, 1.807) is 19.2 Å². The van der Waals surface area contributed by atoms with E-state index < -0.39 is 11.2 Å². The first-order valence-electron chi connectivity index (χ1n) is 9.49. The van der Waals surface area contributed by atoms with E-state index in [4.69, 9.17) is 10.5 Å². The summed E-state index contributed by atoms with van der Waals surface area (Å²) >= 11 is 0. The molecule has 0 saturated heterocycles. The van der Waals surface area contributed by atoms with Crippen LogP contribution in [0, 0.1) is 0 Å². The van der Waals surface area contributed by atoms with Gasteiger partial charge in [0.05, 0.1) is 13.5 Å². The van der Waals surface area contributed by atoms with E-state index in [2.05, 4.69) is 4.98 Å². The number of aromatic nitrogens is 2. The zero-order valence-corrected chi connectivity index (χ0v) is 16.7. The van der Waals surface area contributed by atoms with Crippen molar-refractivity contribution in [2.45, 2.75) is 46.1 Å². The van der Waals surface area contributed by atoms with Crippen LogP contribution in [0.15, 0.2) is 33.9 Å². The van der Waals surface area contributed by atoms with Gasteiger partial charge in [0.25, 0.3) is 5.56 Å². The molecule has 0 spiro atoms. The molecule has 0 unspecified atom stereocenters. The van der Waals surface area contributed by atoms with Crippen molar-refractivity contribution < 1.29 is 9.53 Å². The van der Waals surface area contributed by atoms with Crippen LogP contribution in [0.25, 0.3) is 0 Å². The molecule has 1 amide bonds. The molecule has 3 N–H and O–H groups in total. The average Bonchev–Trinajstić information content (AvgIpc) is 2.67. The maximum absolute atomic E-state index is 13.1. The van der Waals surface area contributed by atoms with E-state index in [1.165, 1.54) is 9.47 Å². The molecule has 2 rings (SSSR count). The van der Waals surface area contributed by atoms with Gasteiger partial charge in [0, 0.05) is 18.7 Å². The van der Waals surface area contributed by atoms with Crippen molar-refractivity contribution in [1.82, 2.24) is 9.55 Å². The zero-order chi connectivity index (χ0) is 20.7. The summed E-state index contributed by atoms with van der Waals surface area (Å²) in [6.07, 6.45) is 2.26. The number of methoxy groups -OCH3 is 1. The fourth-order valence-electron chi connectivity index (χ4n) is 3.07. The molecular weight excluding hydrogens is 360 g/mol. The van der Waals surface area contributed by atoms with Crippen LogP contribution in [0.2, 0.25) is 0 Å². The van der Waals surface area contributed by atoms with E-state index in [0.717, 1.165) is 6.42 Å². The van der Waals surface area contributed by atoms with Crippen LogP contribution in [0.3, 0.4) is 0 Å². The standard InChI is InChI=1S/C20H28N4O4/c1-4-6-12-23(16(25)13-14-9-7-8-10-15(14)28-3)17-18(21)24(11-5-2)20(27)22-19(17)26/h7-10H,4-6,11-13,21H2,1-3H3,(H,22,26,27). The van der Waals surface area contributed by atoms with Gasteiger partial charge >= 0.3 is 5.69 Å². The minimum atomic E-state index is -0.653. The van der Waals surface area contributed by atoms with Crippen molar-refractivity contribution in [3.8, 4) is 5.75 Å². The van der Waals surface area contributed by atoms with E-state index in [0.29, 0.717) is 37.2 Å². The van der Waals surface area contributed by atoms with E-state index >= 15 is 0 Å². The Morgan fingerprint density at radius 2 is 1.93 bits per heavy atom. The highest BCUT2D eigenvalue weighted by Crippen LogP contribution is 2.22. The van der Waals surface area contributed by atoms with Crippen LogP contribution in [-0.4, -0.2) is 29.1 Å². The zero-order valence-electron chi connectivity index (χ0n) is 16.7. The number of nitrogen functional groups attached to an aromatic ring is 1. The summed E-state index contributed by atoms with van der Waals surface area (Å²) in [5.74, 6) is 0.334. The van der Waals surface area contributed by atoms with Gasteiger partial charge in [-0.1, -0.05) is 38.5 Å². The average molecular weight is 388 g/mol. The number of ether oxygens (including phenoxy) is 1. The lowest BCUT2D eigenvalue weighted by atomic mass is 10.1. The topological polar surface area (TPSA) is 110 Å². The quantitative estimate of drug-likeness (QED) is 0.682. The number of aromatic amines is 1. The van der Waals surface area contributed by atoms with Gasteiger partial charge in [-0.3, -0.25) is 19.1 Å². The summed E-state index contributed by atoms with van der Waals surface area (Å²) in [6.45, 7) is 4.59. The number of carbonyl (C=O) groups excluding carboxylic acids is 1. The molecule has 2 aromatic rings. The van der Waals surface area contributed by atoms with Gasteiger partial charge in [0.15, 0.2) is 5.69 Å². The minimum Gasteiger partial charge on any atom is -0.496 e. The first-order valence-corrected chi connectivity index (χ1v) is 9.49. The molecule has 1 aromatic heterocycles. The largest absolute Gasteiger partial charge is 0.496 e. The number of nitrogens with zero attached hydrogens (tertiary/aromatic N) is 2. The SMILES string of the molecule is CCCCN(C(=O)Cc1ccccc1OC)c1c(N)n(CCC)c(=O)[nH]c1=O. The minimum absolute atomic E-state index is 0.0140. The number of hydrogen-bond donors (Lipinski definition) is 2. The number of para-hydroxylation sites is 1. The monoisotopic (exact) mass is 388 g/mol. The van der Waals surface area contributed by atoms with Crippen molar-refractivity contribution in [3.63, 3.8) is 0 Å². The van der Waals surface area contributed by atoms with Crippen LogP contribution < -0.4 is 26.6 Å². The Hall–Kier alpha value is -3.03. The molecule has 0 atom stereocenters. The van der Waals surface area contributed by atoms with E-state index in [1.807, 2.05) is 26.0 Å². The van der Waals surface area contributed by atoms with Crippen molar-refractivity contribution in [2.75, 3.05) is 24.3 Å². The second-order valence-corrected chi connectivity index (χ2v) is 6.53. The second kappa shape index (κ2) is 9.77. The molecule has 1 aromatic carbocycles. The Morgan fingerprint density at radius 3 is 2.57 bits per heavy atom. The molecule has 152 valence electrons. The molecule has 1 heterocycles. The molecule has 8 nitrogen and oxygen atoms in total. The number of unbranched alkanes of at least 4 members (excludes halogenated alkanes) is 1. The Kier molecular flexibility index (Phi) is 7.43. The molecule has 0 aliphatic carbocycles. The fourth-order valence-corrected chi connectivity index (χ4v) is 3.07. The maximum atomic E-state index is 13.1. The van der Waals surface area contributed by atoms with Crippen LogP contribution in [0.5, 0.6) is 5.75 Å². The van der Waals surface area contributed by atoms with Crippen LogP contribution in [0.1, 0.15) is 38.7 Å². The van der Waals surface area contributed by atoms with Crippen molar-refractivity contribution in [3.05, 3.63) is 50.7 Å². The summed E-state index contributed by atoms with van der Waals surface area (Å²) in [5.41, 5.74) is 5.68. The van der Waals surface area contributed by atoms with Gasteiger partial charge in [-0.2, -0.15) is 0 Å². The summed E-state index contributed by atoms with van der Waals surface area (Å²) in [5, 5.41) is 0. The molecule has 0 aliphatic heterocycles. The van der Waals surface area contributed by atoms with Gasteiger partial charge in [-0.15, -0.1) is 0 Å². The number of amides is 1. The molecular formula is C20H28N4O4. The number of rotatable bonds is 9. The Morgan fingerprint density at radius 1 is 1.21 bits per heavy atom. The lowest BCUT2D eigenvalue weighted by molar-refractivity contribution is -0.118.